The number of carbonyl (C=O) groups is 1. The zero-order valence-electron chi connectivity index (χ0n) is 18.5. The molecule has 1 aliphatic rings. The van der Waals surface area contributed by atoms with Crippen molar-refractivity contribution in [3.8, 4) is 5.75 Å². The number of carbonyl (C=O) groups excluding carboxylic acids is 1. The summed E-state index contributed by atoms with van der Waals surface area (Å²) in [4.78, 5) is 42.6. The van der Waals surface area contributed by atoms with Gasteiger partial charge in [-0.25, -0.2) is 19.7 Å². The highest BCUT2D eigenvalue weighted by Crippen LogP contribution is 2.24. The lowest BCUT2D eigenvalue weighted by Gasteiger charge is -2.35. The van der Waals surface area contributed by atoms with Gasteiger partial charge in [0.15, 0.2) is 11.3 Å². The molecule has 0 atom stereocenters. The standard InChI is InChI=1S/C24H22N6O4/c1-33-19-6-4-5-16-13-18(23(32)34-21(16)19)22(31)28-17-14-26-24(27-15-17)30-11-9-29(10-12-30)20-7-2-3-8-25-20/h2-8,13-15H,9-12H2,1H3,(H,28,31). The largest absolute Gasteiger partial charge is 0.493 e. The molecule has 0 aliphatic carbocycles. The Morgan fingerprint density at radius 1 is 1.00 bits per heavy atom. The number of amides is 1. The van der Waals surface area contributed by atoms with E-state index in [1.165, 1.54) is 25.6 Å². The van der Waals surface area contributed by atoms with Crippen molar-refractivity contribution >= 4 is 34.3 Å². The number of nitrogens with one attached hydrogen (secondary N) is 1. The molecule has 0 saturated carbocycles. The second kappa shape index (κ2) is 9.18. The van der Waals surface area contributed by atoms with Crippen LogP contribution in [0, 0.1) is 0 Å². The van der Waals surface area contributed by atoms with Gasteiger partial charge in [-0.3, -0.25) is 4.79 Å². The zero-order chi connectivity index (χ0) is 23.5. The topological polar surface area (TPSA) is 114 Å². The number of ether oxygens (including phenoxy) is 1. The molecule has 1 aromatic carbocycles. The monoisotopic (exact) mass is 458 g/mol. The maximum absolute atomic E-state index is 12.7. The van der Waals surface area contributed by atoms with Gasteiger partial charge < -0.3 is 24.3 Å². The maximum atomic E-state index is 12.7. The molecule has 5 rings (SSSR count). The average Bonchev–Trinajstić information content (AvgIpc) is 2.89. The van der Waals surface area contributed by atoms with E-state index in [0.29, 0.717) is 28.4 Å². The normalized spacial score (nSPS) is 13.7. The number of methoxy groups -OCH3 is 1. The number of para-hydroxylation sites is 1. The lowest BCUT2D eigenvalue weighted by Crippen LogP contribution is -2.47. The van der Waals surface area contributed by atoms with E-state index in [2.05, 4.69) is 30.1 Å². The highest BCUT2D eigenvalue weighted by Gasteiger charge is 2.20. The predicted molar refractivity (Wildman–Crippen MR) is 128 cm³/mol. The molecule has 1 fully saturated rings. The van der Waals surface area contributed by atoms with E-state index in [1.807, 2.05) is 18.2 Å². The molecule has 0 spiro atoms. The molecule has 1 saturated heterocycles. The summed E-state index contributed by atoms with van der Waals surface area (Å²) >= 11 is 0. The van der Waals surface area contributed by atoms with Gasteiger partial charge in [-0.1, -0.05) is 18.2 Å². The van der Waals surface area contributed by atoms with Gasteiger partial charge in [-0.15, -0.1) is 0 Å². The molecule has 172 valence electrons. The molecule has 10 nitrogen and oxygen atoms in total. The number of hydrogen-bond donors (Lipinski definition) is 1. The van der Waals surface area contributed by atoms with Crippen LogP contribution in [-0.2, 0) is 0 Å². The Hall–Kier alpha value is -4.47. The van der Waals surface area contributed by atoms with E-state index in [4.69, 9.17) is 9.15 Å². The van der Waals surface area contributed by atoms with Crippen molar-refractivity contribution in [2.75, 3.05) is 48.4 Å². The van der Waals surface area contributed by atoms with E-state index in [1.54, 1.807) is 24.4 Å². The minimum absolute atomic E-state index is 0.115. The van der Waals surface area contributed by atoms with Crippen LogP contribution >= 0.6 is 0 Å². The molecule has 34 heavy (non-hydrogen) atoms. The minimum atomic E-state index is -0.752. The SMILES string of the molecule is COc1cccc2cc(C(=O)Nc3cnc(N4CCN(c5ccccn5)CC4)nc3)c(=O)oc12. The van der Waals surface area contributed by atoms with Crippen molar-refractivity contribution in [2.45, 2.75) is 0 Å². The Kier molecular flexibility index (Phi) is 5.77. The van der Waals surface area contributed by atoms with Crippen molar-refractivity contribution in [3.05, 3.63) is 77.0 Å². The maximum Gasteiger partial charge on any atom is 0.349 e. The summed E-state index contributed by atoms with van der Waals surface area (Å²) in [6, 6.07) is 12.5. The zero-order valence-corrected chi connectivity index (χ0v) is 18.5. The predicted octanol–water partition coefficient (Wildman–Crippen LogP) is 2.57. The van der Waals surface area contributed by atoms with E-state index < -0.39 is 11.5 Å². The number of hydrogen-bond acceptors (Lipinski definition) is 9. The van der Waals surface area contributed by atoms with Gasteiger partial charge in [0.05, 0.1) is 25.2 Å². The van der Waals surface area contributed by atoms with Crippen LogP contribution < -0.4 is 25.5 Å². The van der Waals surface area contributed by atoms with E-state index in [9.17, 15) is 9.59 Å². The molecule has 0 unspecified atom stereocenters. The molecule has 1 amide bonds. The number of nitrogens with zero attached hydrogens (tertiary/aromatic N) is 5. The Morgan fingerprint density at radius 2 is 1.76 bits per heavy atom. The molecule has 1 N–H and O–H groups in total. The van der Waals surface area contributed by atoms with Gasteiger partial charge in [0, 0.05) is 37.8 Å². The van der Waals surface area contributed by atoms with Crippen molar-refractivity contribution in [1.82, 2.24) is 15.0 Å². The summed E-state index contributed by atoms with van der Waals surface area (Å²) in [7, 11) is 1.49. The lowest BCUT2D eigenvalue weighted by atomic mass is 10.1. The fourth-order valence-electron chi connectivity index (χ4n) is 3.86. The van der Waals surface area contributed by atoms with E-state index in [-0.39, 0.29) is 5.56 Å². The first-order valence-electron chi connectivity index (χ1n) is 10.8. The fraction of sp³-hybridized carbons (Fsp3) is 0.208. The quantitative estimate of drug-likeness (QED) is 0.451. The van der Waals surface area contributed by atoms with Crippen LogP contribution in [0.4, 0.5) is 17.5 Å². The Labute approximate surface area is 194 Å². The number of anilines is 3. The first-order chi connectivity index (χ1) is 16.6. The highest BCUT2D eigenvalue weighted by atomic mass is 16.5. The minimum Gasteiger partial charge on any atom is -0.493 e. The number of aromatic nitrogens is 3. The van der Waals surface area contributed by atoms with E-state index in [0.717, 1.165) is 32.0 Å². The first kappa shape index (κ1) is 21.4. The van der Waals surface area contributed by atoms with Crippen molar-refractivity contribution < 1.29 is 13.9 Å². The summed E-state index contributed by atoms with van der Waals surface area (Å²) in [5.41, 5.74) is -0.193. The van der Waals surface area contributed by atoms with Gasteiger partial charge >= 0.3 is 5.63 Å². The number of fused-ring (bicyclic) bond motifs is 1. The summed E-state index contributed by atoms with van der Waals surface area (Å²) in [5.74, 6) is 1.36. The molecule has 4 heterocycles. The molecule has 0 radical (unpaired) electrons. The summed E-state index contributed by atoms with van der Waals surface area (Å²) in [6.45, 7) is 3.12. The highest BCUT2D eigenvalue weighted by molar-refractivity contribution is 6.05. The average molecular weight is 458 g/mol. The third kappa shape index (κ3) is 4.25. The fourth-order valence-corrected chi connectivity index (χ4v) is 3.86. The van der Waals surface area contributed by atoms with Crippen molar-refractivity contribution in [3.63, 3.8) is 0 Å². The van der Waals surface area contributed by atoms with Crippen LogP contribution in [0.25, 0.3) is 11.0 Å². The lowest BCUT2D eigenvalue weighted by molar-refractivity contribution is 0.102. The van der Waals surface area contributed by atoms with Gasteiger partial charge in [-0.05, 0) is 24.3 Å². The second-order valence-electron chi connectivity index (χ2n) is 7.71. The van der Waals surface area contributed by atoms with Gasteiger partial charge in [0.2, 0.25) is 5.95 Å². The van der Waals surface area contributed by atoms with Crippen LogP contribution in [0.3, 0.4) is 0 Å². The van der Waals surface area contributed by atoms with Crippen LogP contribution in [0.2, 0.25) is 0 Å². The van der Waals surface area contributed by atoms with Crippen LogP contribution in [0.1, 0.15) is 10.4 Å². The number of pyridine rings is 1. The second-order valence-corrected chi connectivity index (χ2v) is 7.71. The summed E-state index contributed by atoms with van der Waals surface area (Å²) < 4.78 is 10.5. The van der Waals surface area contributed by atoms with Crippen LogP contribution in [0.5, 0.6) is 5.75 Å². The Bertz CT molecular complexity index is 1370. The first-order valence-corrected chi connectivity index (χ1v) is 10.8. The van der Waals surface area contributed by atoms with Gasteiger partial charge in [0.25, 0.3) is 5.91 Å². The molecular formula is C24H22N6O4. The third-order valence-corrected chi connectivity index (χ3v) is 5.62. The van der Waals surface area contributed by atoms with Crippen LogP contribution in [-0.4, -0.2) is 54.1 Å². The molecule has 1 aliphatic heterocycles. The molecule has 10 heteroatoms. The molecular weight excluding hydrogens is 436 g/mol. The Morgan fingerprint density at radius 3 is 2.47 bits per heavy atom. The van der Waals surface area contributed by atoms with Gasteiger partial charge in [0.1, 0.15) is 11.4 Å². The number of rotatable bonds is 5. The van der Waals surface area contributed by atoms with E-state index >= 15 is 0 Å². The van der Waals surface area contributed by atoms with Crippen molar-refractivity contribution in [1.29, 1.82) is 0 Å². The van der Waals surface area contributed by atoms with Gasteiger partial charge in [-0.2, -0.15) is 0 Å². The van der Waals surface area contributed by atoms with Crippen LogP contribution in [0.15, 0.2) is 70.3 Å². The molecule has 0 bridgehead atoms. The smallest absolute Gasteiger partial charge is 0.349 e. The van der Waals surface area contributed by atoms with Crippen molar-refractivity contribution in [2.24, 2.45) is 0 Å². The number of piperazine rings is 1. The Balaban J connectivity index is 1.25. The molecule has 3 aromatic heterocycles. The number of benzene rings is 1. The molecule has 4 aromatic rings. The summed E-state index contributed by atoms with van der Waals surface area (Å²) in [6.07, 6.45) is 4.84. The summed E-state index contributed by atoms with van der Waals surface area (Å²) in [5, 5.41) is 3.24. The third-order valence-electron chi connectivity index (χ3n) is 5.62.